The molecule has 0 saturated heterocycles. The van der Waals surface area contributed by atoms with Crippen molar-refractivity contribution >= 4 is 11.6 Å². The van der Waals surface area contributed by atoms with E-state index in [2.05, 4.69) is 17.4 Å². The van der Waals surface area contributed by atoms with E-state index in [-0.39, 0.29) is 0 Å². The lowest BCUT2D eigenvalue weighted by molar-refractivity contribution is 0.174. The van der Waals surface area contributed by atoms with Crippen LogP contribution in [0.3, 0.4) is 0 Å². The van der Waals surface area contributed by atoms with Gasteiger partial charge in [-0.25, -0.2) is 0 Å². The van der Waals surface area contributed by atoms with E-state index in [0.29, 0.717) is 11.6 Å². The summed E-state index contributed by atoms with van der Waals surface area (Å²) in [6.07, 6.45) is -0.535. The van der Waals surface area contributed by atoms with Gasteiger partial charge in [-0.1, -0.05) is 54.1 Å². The molecule has 0 amide bonds. The highest BCUT2D eigenvalue weighted by atomic mass is 35.5. The van der Waals surface area contributed by atoms with Crippen molar-refractivity contribution in [3.05, 3.63) is 70.7 Å². The summed E-state index contributed by atoms with van der Waals surface area (Å²) < 4.78 is 0. The minimum Gasteiger partial charge on any atom is -0.387 e. The third-order valence-electron chi connectivity index (χ3n) is 2.74. The summed E-state index contributed by atoms with van der Waals surface area (Å²) >= 11 is 5.89. The molecular formula is C15H16ClNO. The van der Waals surface area contributed by atoms with Crippen LogP contribution in [0.4, 0.5) is 0 Å². The van der Waals surface area contributed by atoms with E-state index in [1.54, 1.807) is 12.1 Å². The van der Waals surface area contributed by atoms with Gasteiger partial charge in [-0.2, -0.15) is 0 Å². The molecule has 0 bridgehead atoms. The van der Waals surface area contributed by atoms with Crippen LogP contribution in [-0.2, 0) is 6.54 Å². The second kappa shape index (κ2) is 6.55. The highest BCUT2D eigenvalue weighted by Gasteiger charge is 2.06. The van der Waals surface area contributed by atoms with Gasteiger partial charge in [0.2, 0.25) is 0 Å². The van der Waals surface area contributed by atoms with Crippen LogP contribution in [0.1, 0.15) is 17.2 Å². The summed E-state index contributed by atoms with van der Waals surface area (Å²) in [4.78, 5) is 0. The maximum atomic E-state index is 10.0. The Bertz CT molecular complexity index is 487. The average molecular weight is 262 g/mol. The van der Waals surface area contributed by atoms with Crippen molar-refractivity contribution < 1.29 is 5.11 Å². The van der Waals surface area contributed by atoms with E-state index in [0.717, 1.165) is 12.1 Å². The Hall–Kier alpha value is -1.35. The Morgan fingerprint density at radius 3 is 2.56 bits per heavy atom. The van der Waals surface area contributed by atoms with Gasteiger partial charge >= 0.3 is 0 Å². The first-order chi connectivity index (χ1) is 8.75. The summed E-state index contributed by atoms with van der Waals surface area (Å²) in [5.74, 6) is 0. The highest BCUT2D eigenvalue weighted by Crippen LogP contribution is 2.17. The van der Waals surface area contributed by atoms with Gasteiger partial charge in [-0.05, 0) is 23.3 Å². The zero-order chi connectivity index (χ0) is 12.8. The standard InChI is InChI=1S/C15H16ClNO/c16-14-8-4-7-13(9-14)15(18)11-17-10-12-5-2-1-3-6-12/h1-9,15,17-18H,10-11H2/t15-/m0/s1. The van der Waals surface area contributed by atoms with Crippen molar-refractivity contribution in [3.63, 3.8) is 0 Å². The Morgan fingerprint density at radius 2 is 1.83 bits per heavy atom. The number of rotatable bonds is 5. The van der Waals surface area contributed by atoms with Crippen molar-refractivity contribution in [2.75, 3.05) is 6.54 Å². The van der Waals surface area contributed by atoms with Crippen LogP contribution < -0.4 is 5.32 Å². The zero-order valence-electron chi connectivity index (χ0n) is 10.0. The number of hydrogen-bond donors (Lipinski definition) is 2. The molecule has 18 heavy (non-hydrogen) atoms. The van der Waals surface area contributed by atoms with Gasteiger partial charge in [0.1, 0.15) is 0 Å². The molecule has 0 saturated carbocycles. The molecule has 2 N–H and O–H groups in total. The van der Waals surface area contributed by atoms with Gasteiger partial charge in [-0.15, -0.1) is 0 Å². The normalized spacial score (nSPS) is 12.3. The third-order valence-corrected chi connectivity index (χ3v) is 2.98. The predicted octanol–water partition coefficient (Wildman–Crippen LogP) is 3.16. The number of aliphatic hydroxyl groups excluding tert-OH is 1. The van der Waals surface area contributed by atoms with Gasteiger partial charge in [0.25, 0.3) is 0 Å². The van der Waals surface area contributed by atoms with Gasteiger partial charge in [0, 0.05) is 18.1 Å². The van der Waals surface area contributed by atoms with Crippen LogP contribution in [0, 0.1) is 0 Å². The SMILES string of the molecule is O[C@@H](CNCc1ccccc1)c1cccc(Cl)c1. The van der Waals surface area contributed by atoms with Crippen molar-refractivity contribution in [2.45, 2.75) is 12.6 Å². The monoisotopic (exact) mass is 261 g/mol. The predicted molar refractivity (Wildman–Crippen MR) is 74.6 cm³/mol. The molecule has 0 aliphatic rings. The number of benzene rings is 2. The maximum Gasteiger partial charge on any atom is 0.0915 e. The molecule has 0 aliphatic carbocycles. The first-order valence-corrected chi connectivity index (χ1v) is 6.31. The number of halogens is 1. The van der Waals surface area contributed by atoms with Crippen molar-refractivity contribution in [2.24, 2.45) is 0 Å². The van der Waals surface area contributed by atoms with Crippen LogP contribution in [0.2, 0.25) is 5.02 Å². The van der Waals surface area contributed by atoms with Gasteiger partial charge < -0.3 is 10.4 Å². The first-order valence-electron chi connectivity index (χ1n) is 5.94. The summed E-state index contributed by atoms with van der Waals surface area (Å²) in [6, 6.07) is 17.4. The van der Waals surface area contributed by atoms with Crippen molar-refractivity contribution in [3.8, 4) is 0 Å². The maximum absolute atomic E-state index is 10.0. The lowest BCUT2D eigenvalue weighted by Crippen LogP contribution is -2.21. The fraction of sp³-hybridized carbons (Fsp3) is 0.200. The largest absolute Gasteiger partial charge is 0.387 e. The van der Waals surface area contributed by atoms with Crippen molar-refractivity contribution in [1.82, 2.24) is 5.32 Å². The average Bonchev–Trinajstić information content (AvgIpc) is 2.40. The lowest BCUT2D eigenvalue weighted by Gasteiger charge is -2.12. The minimum absolute atomic E-state index is 0.509. The van der Waals surface area contributed by atoms with E-state index in [4.69, 9.17) is 11.6 Å². The molecular weight excluding hydrogens is 246 g/mol. The Labute approximate surface area is 112 Å². The molecule has 0 radical (unpaired) electrons. The summed E-state index contributed by atoms with van der Waals surface area (Å²) in [7, 11) is 0. The van der Waals surface area contributed by atoms with E-state index < -0.39 is 6.10 Å². The second-order valence-corrected chi connectivity index (χ2v) is 4.62. The molecule has 94 valence electrons. The van der Waals surface area contributed by atoms with Crippen molar-refractivity contribution in [1.29, 1.82) is 0 Å². The van der Waals surface area contributed by atoms with Crippen LogP contribution in [0.5, 0.6) is 0 Å². The second-order valence-electron chi connectivity index (χ2n) is 4.19. The quantitative estimate of drug-likeness (QED) is 0.867. The number of aliphatic hydroxyl groups is 1. The molecule has 1 atom stereocenters. The lowest BCUT2D eigenvalue weighted by atomic mass is 10.1. The van der Waals surface area contributed by atoms with E-state index in [9.17, 15) is 5.11 Å². The fourth-order valence-electron chi connectivity index (χ4n) is 1.78. The Balaban J connectivity index is 1.83. The first kappa shape index (κ1) is 13.1. The van der Waals surface area contributed by atoms with Crippen LogP contribution >= 0.6 is 11.6 Å². The summed E-state index contributed by atoms with van der Waals surface area (Å²) in [5, 5.41) is 13.9. The molecule has 2 nitrogen and oxygen atoms in total. The minimum atomic E-state index is -0.535. The van der Waals surface area contributed by atoms with Crippen LogP contribution in [-0.4, -0.2) is 11.7 Å². The highest BCUT2D eigenvalue weighted by molar-refractivity contribution is 6.30. The molecule has 0 heterocycles. The molecule has 0 aromatic heterocycles. The van der Waals surface area contributed by atoms with Gasteiger partial charge in [0.15, 0.2) is 0 Å². The zero-order valence-corrected chi connectivity index (χ0v) is 10.8. The number of nitrogens with one attached hydrogen (secondary N) is 1. The summed E-state index contributed by atoms with van der Waals surface area (Å²) in [5.41, 5.74) is 2.04. The topological polar surface area (TPSA) is 32.3 Å². The molecule has 0 spiro atoms. The Morgan fingerprint density at radius 1 is 1.06 bits per heavy atom. The Kier molecular flexibility index (Phi) is 4.76. The van der Waals surface area contributed by atoms with E-state index in [1.807, 2.05) is 30.3 Å². The van der Waals surface area contributed by atoms with Crippen LogP contribution in [0.15, 0.2) is 54.6 Å². The molecule has 0 aliphatic heterocycles. The molecule has 2 aromatic rings. The van der Waals surface area contributed by atoms with E-state index >= 15 is 0 Å². The molecule has 3 heteroatoms. The molecule has 0 fully saturated rings. The molecule has 0 unspecified atom stereocenters. The fourth-order valence-corrected chi connectivity index (χ4v) is 1.98. The third kappa shape index (κ3) is 3.84. The summed E-state index contributed by atoms with van der Waals surface area (Å²) in [6.45, 7) is 1.26. The molecule has 2 aromatic carbocycles. The van der Waals surface area contributed by atoms with Gasteiger partial charge in [-0.3, -0.25) is 0 Å². The van der Waals surface area contributed by atoms with E-state index in [1.165, 1.54) is 5.56 Å². The van der Waals surface area contributed by atoms with Crippen LogP contribution in [0.25, 0.3) is 0 Å². The smallest absolute Gasteiger partial charge is 0.0915 e. The van der Waals surface area contributed by atoms with Gasteiger partial charge in [0.05, 0.1) is 6.10 Å². The molecule has 2 rings (SSSR count). The number of hydrogen-bond acceptors (Lipinski definition) is 2.